The third kappa shape index (κ3) is 4.19. The van der Waals surface area contributed by atoms with Crippen molar-refractivity contribution in [1.29, 1.82) is 0 Å². The van der Waals surface area contributed by atoms with E-state index in [0.29, 0.717) is 22.3 Å². The second kappa shape index (κ2) is 8.67. The molecule has 2 heterocycles. The quantitative estimate of drug-likeness (QED) is 0.875. The maximum Gasteiger partial charge on any atom is 0.274 e. The van der Waals surface area contributed by atoms with Crippen molar-refractivity contribution in [3.05, 3.63) is 47.1 Å². The fraction of sp³-hybridized carbons (Fsp3) is 0.312. The molecule has 2 aromatic rings. The van der Waals surface area contributed by atoms with Crippen LogP contribution in [0.5, 0.6) is 0 Å². The minimum Gasteiger partial charge on any atom is -0.333 e. The topological polar surface area (TPSA) is 72.1 Å². The molecule has 1 aromatic carbocycles. The first-order chi connectivity index (χ1) is 11.2. The maximum absolute atomic E-state index is 12.5. The van der Waals surface area contributed by atoms with Gasteiger partial charge in [0.2, 0.25) is 0 Å². The highest BCUT2D eigenvalue weighted by Gasteiger charge is 2.29. The zero-order valence-electron chi connectivity index (χ0n) is 12.9. The van der Waals surface area contributed by atoms with E-state index in [1.54, 1.807) is 17.0 Å². The van der Waals surface area contributed by atoms with E-state index in [9.17, 15) is 4.79 Å². The van der Waals surface area contributed by atoms with Crippen LogP contribution >= 0.6 is 35.8 Å². The van der Waals surface area contributed by atoms with Gasteiger partial charge in [-0.1, -0.05) is 35.5 Å². The number of carbonyl (C=O) groups is 1. The number of amides is 1. The Hall–Kier alpha value is -1.34. The van der Waals surface area contributed by atoms with Crippen LogP contribution in [0, 0.1) is 0 Å². The van der Waals surface area contributed by atoms with Gasteiger partial charge in [-0.2, -0.15) is 0 Å². The van der Waals surface area contributed by atoms with Crippen LogP contribution in [0.2, 0.25) is 5.02 Å². The highest BCUT2D eigenvalue weighted by atomic mass is 35.5. The Balaban J connectivity index is 0.00000208. The number of nitrogens with two attached hydrogens (primary N) is 1. The zero-order chi connectivity index (χ0) is 16.2. The second-order valence-electron chi connectivity index (χ2n) is 5.32. The van der Waals surface area contributed by atoms with Gasteiger partial charge in [0.15, 0.2) is 5.69 Å². The normalized spacial score (nSPS) is 16.8. The molecule has 1 unspecified atom stereocenters. The molecule has 0 radical (unpaired) electrons. The van der Waals surface area contributed by atoms with Crippen molar-refractivity contribution in [2.24, 2.45) is 5.73 Å². The number of nitrogens with zero attached hydrogens (tertiary/aromatic N) is 3. The van der Waals surface area contributed by atoms with E-state index < -0.39 is 0 Å². The summed E-state index contributed by atoms with van der Waals surface area (Å²) in [6, 6.07) is 11.2. The number of hydrogen-bond donors (Lipinski definition) is 1. The van der Waals surface area contributed by atoms with Crippen molar-refractivity contribution in [2.75, 3.05) is 13.1 Å². The van der Waals surface area contributed by atoms with Gasteiger partial charge in [-0.25, -0.2) is 0 Å². The number of carbonyl (C=O) groups excluding carboxylic acids is 1. The van der Waals surface area contributed by atoms with Gasteiger partial charge >= 0.3 is 0 Å². The van der Waals surface area contributed by atoms with Gasteiger partial charge in [-0.15, -0.1) is 22.6 Å². The van der Waals surface area contributed by atoms with Gasteiger partial charge < -0.3 is 10.6 Å². The molecule has 1 fully saturated rings. The lowest BCUT2D eigenvalue weighted by Gasteiger charge is -2.22. The Kier molecular flexibility index (Phi) is 6.86. The summed E-state index contributed by atoms with van der Waals surface area (Å²) in [6.07, 6.45) is 1.94. The van der Waals surface area contributed by atoms with Crippen LogP contribution in [0.4, 0.5) is 0 Å². The molecule has 1 aliphatic heterocycles. The summed E-state index contributed by atoms with van der Waals surface area (Å²) in [5.41, 5.74) is 6.07. The van der Waals surface area contributed by atoms with Crippen LogP contribution in [-0.2, 0) is 0 Å². The summed E-state index contributed by atoms with van der Waals surface area (Å²) < 4.78 is 0. The van der Waals surface area contributed by atoms with E-state index in [1.165, 1.54) is 11.8 Å². The summed E-state index contributed by atoms with van der Waals surface area (Å²) in [4.78, 5) is 15.2. The molecule has 1 atom stereocenters. The molecule has 1 aliphatic rings. The predicted octanol–water partition coefficient (Wildman–Crippen LogP) is 3.27. The molecule has 2 N–H and O–H groups in total. The van der Waals surface area contributed by atoms with Crippen LogP contribution in [0.1, 0.15) is 23.3 Å². The molecule has 0 aliphatic carbocycles. The Morgan fingerprint density at radius 3 is 2.75 bits per heavy atom. The van der Waals surface area contributed by atoms with Crippen LogP contribution in [0.3, 0.4) is 0 Å². The van der Waals surface area contributed by atoms with Gasteiger partial charge in [0.25, 0.3) is 5.91 Å². The summed E-state index contributed by atoms with van der Waals surface area (Å²) >= 11 is 7.55. The van der Waals surface area contributed by atoms with Crippen LogP contribution in [0.15, 0.2) is 46.3 Å². The lowest BCUT2D eigenvalue weighted by atomic mass is 10.2. The lowest BCUT2D eigenvalue weighted by molar-refractivity contribution is 0.0733. The van der Waals surface area contributed by atoms with Gasteiger partial charge in [0.05, 0.1) is 5.02 Å². The van der Waals surface area contributed by atoms with Gasteiger partial charge in [-0.05, 0) is 37.1 Å². The first-order valence-electron chi connectivity index (χ1n) is 7.46. The van der Waals surface area contributed by atoms with E-state index in [1.807, 2.05) is 24.3 Å². The van der Waals surface area contributed by atoms with Crippen LogP contribution in [0.25, 0.3) is 0 Å². The summed E-state index contributed by atoms with van der Waals surface area (Å²) in [7, 11) is 0. The molecule has 1 aromatic heterocycles. The Bertz CT molecular complexity index is 699. The molecule has 1 saturated heterocycles. The number of halogens is 2. The van der Waals surface area contributed by atoms with Crippen molar-refractivity contribution < 1.29 is 4.79 Å². The largest absolute Gasteiger partial charge is 0.333 e. The average molecular weight is 385 g/mol. The number of aromatic nitrogens is 2. The molecular weight excluding hydrogens is 367 g/mol. The predicted molar refractivity (Wildman–Crippen MR) is 98.0 cm³/mol. The van der Waals surface area contributed by atoms with Crippen molar-refractivity contribution in [1.82, 2.24) is 15.1 Å². The first-order valence-corrected chi connectivity index (χ1v) is 8.65. The van der Waals surface area contributed by atoms with Gasteiger partial charge in [0, 0.05) is 24.0 Å². The van der Waals surface area contributed by atoms with E-state index in [0.717, 1.165) is 24.3 Å². The number of hydrogen-bond acceptors (Lipinski definition) is 5. The van der Waals surface area contributed by atoms with Gasteiger partial charge in [0.1, 0.15) is 5.03 Å². The summed E-state index contributed by atoms with van der Waals surface area (Å²) in [6.45, 7) is 1.22. The molecule has 5 nitrogen and oxygen atoms in total. The van der Waals surface area contributed by atoms with Crippen molar-refractivity contribution in [2.45, 2.75) is 28.8 Å². The fourth-order valence-corrected chi connectivity index (χ4v) is 3.63. The van der Waals surface area contributed by atoms with Crippen molar-refractivity contribution in [3.8, 4) is 0 Å². The van der Waals surface area contributed by atoms with Crippen molar-refractivity contribution in [3.63, 3.8) is 0 Å². The first kappa shape index (κ1) is 19.0. The molecule has 24 heavy (non-hydrogen) atoms. The molecule has 8 heteroatoms. The summed E-state index contributed by atoms with van der Waals surface area (Å²) in [5, 5.41) is 9.58. The Morgan fingerprint density at radius 1 is 1.29 bits per heavy atom. The zero-order valence-corrected chi connectivity index (χ0v) is 15.3. The fourth-order valence-electron chi connectivity index (χ4n) is 2.62. The van der Waals surface area contributed by atoms with Crippen LogP contribution in [-0.4, -0.2) is 40.1 Å². The third-order valence-corrected chi connectivity index (χ3v) is 5.26. The molecule has 0 saturated carbocycles. The molecule has 0 bridgehead atoms. The average Bonchev–Trinajstić information content (AvgIpc) is 3.05. The Morgan fingerprint density at radius 2 is 2.08 bits per heavy atom. The van der Waals surface area contributed by atoms with Crippen molar-refractivity contribution >= 4 is 41.7 Å². The van der Waals surface area contributed by atoms with E-state index >= 15 is 0 Å². The molecular formula is C16H18Cl2N4OS. The monoisotopic (exact) mass is 384 g/mol. The maximum atomic E-state index is 12.5. The number of likely N-dealkylation sites (tertiary alicyclic amines) is 1. The second-order valence-corrected chi connectivity index (χ2v) is 6.79. The van der Waals surface area contributed by atoms with Crippen LogP contribution < -0.4 is 5.73 Å². The molecule has 128 valence electrons. The SMILES string of the molecule is Cl.NCC1CCCN1C(=O)c1ccc(Sc2ccccc2Cl)nn1. The van der Waals surface area contributed by atoms with E-state index in [2.05, 4.69) is 10.2 Å². The number of benzene rings is 1. The highest BCUT2D eigenvalue weighted by Crippen LogP contribution is 2.31. The Labute approximate surface area is 156 Å². The standard InChI is InChI=1S/C16H17ClN4OS.ClH/c17-12-5-1-2-6-14(12)23-15-8-7-13(19-20-15)16(22)21-9-3-4-11(21)10-18;/h1-2,5-8,11H,3-4,9-10,18H2;1H. The molecule has 1 amide bonds. The number of rotatable bonds is 4. The van der Waals surface area contributed by atoms with Gasteiger partial charge in [-0.3, -0.25) is 4.79 Å². The minimum atomic E-state index is -0.0975. The molecule has 3 rings (SSSR count). The minimum absolute atomic E-state index is 0. The third-order valence-electron chi connectivity index (χ3n) is 3.82. The molecule has 0 spiro atoms. The highest BCUT2D eigenvalue weighted by molar-refractivity contribution is 7.99. The van der Waals surface area contributed by atoms with E-state index in [4.69, 9.17) is 17.3 Å². The lowest BCUT2D eigenvalue weighted by Crippen LogP contribution is -2.40. The smallest absolute Gasteiger partial charge is 0.274 e. The summed E-state index contributed by atoms with van der Waals surface area (Å²) in [5.74, 6) is -0.0975. The van der Waals surface area contributed by atoms with E-state index in [-0.39, 0.29) is 24.4 Å².